The van der Waals surface area contributed by atoms with Crippen molar-refractivity contribution in [3.05, 3.63) is 89.7 Å². The Hall–Kier alpha value is -5.79. The van der Waals surface area contributed by atoms with E-state index in [0.29, 0.717) is 37.4 Å². The fourth-order valence-corrected chi connectivity index (χ4v) is 7.96. The quantitative estimate of drug-likeness (QED) is 0.193. The molecule has 4 aliphatic heterocycles. The summed E-state index contributed by atoms with van der Waals surface area (Å²) in [5, 5.41) is 10.2. The average Bonchev–Trinajstić information content (AvgIpc) is 3.16. The van der Waals surface area contributed by atoms with Crippen molar-refractivity contribution >= 4 is 51.5 Å². The predicted octanol–water partition coefficient (Wildman–Crippen LogP) is 5.31. The van der Waals surface area contributed by atoms with E-state index >= 15 is 0 Å². The molecule has 3 amide bonds. The van der Waals surface area contributed by atoms with Crippen LogP contribution in [0.4, 0.5) is 33.5 Å². The van der Waals surface area contributed by atoms with Crippen LogP contribution in [-0.2, 0) is 11.3 Å². The molecule has 0 unspecified atom stereocenters. The maximum Gasteiger partial charge on any atom is 0.328 e. The Morgan fingerprint density at radius 1 is 0.907 bits per heavy atom. The second-order valence-electron chi connectivity index (χ2n) is 14.6. The second kappa shape index (κ2) is 14.2. The van der Waals surface area contributed by atoms with E-state index in [-0.39, 0.29) is 11.9 Å². The molecule has 4 aliphatic rings. The van der Waals surface area contributed by atoms with Crippen LogP contribution in [0.2, 0.25) is 0 Å². The summed E-state index contributed by atoms with van der Waals surface area (Å²) in [6, 6.07) is 21.3. The molecular formula is C41H44N10O3. The highest BCUT2D eigenvalue weighted by Gasteiger charge is 2.34. The molecule has 2 aromatic heterocycles. The minimum Gasteiger partial charge on any atom is -0.474 e. The van der Waals surface area contributed by atoms with E-state index < -0.39 is 0 Å². The fourth-order valence-electron chi connectivity index (χ4n) is 7.96. The lowest BCUT2D eigenvalue weighted by atomic mass is 10.00. The van der Waals surface area contributed by atoms with Gasteiger partial charge in [0.1, 0.15) is 12.3 Å². The van der Waals surface area contributed by atoms with Crippen molar-refractivity contribution < 1.29 is 14.3 Å². The van der Waals surface area contributed by atoms with E-state index in [1.165, 1.54) is 11.3 Å². The van der Waals surface area contributed by atoms with E-state index in [2.05, 4.69) is 102 Å². The Bertz CT molecular complexity index is 2230. The number of piperazine rings is 1. The first-order chi connectivity index (χ1) is 26.3. The lowest BCUT2D eigenvalue weighted by molar-refractivity contribution is -0.120. The molecule has 9 rings (SSSR count). The second-order valence-corrected chi connectivity index (χ2v) is 14.6. The van der Waals surface area contributed by atoms with Gasteiger partial charge in [0.25, 0.3) is 0 Å². The number of carbonyl (C=O) groups excluding carboxylic acids is 2. The van der Waals surface area contributed by atoms with Gasteiger partial charge in [0.15, 0.2) is 0 Å². The number of benzene rings is 3. The van der Waals surface area contributed by atoms with Gasteiger partial charge in [0, 0.05) is 112 Å². The summed E-state index contributed by atoms with van der Waals surface area (Å²) in [5.74, 6) is 1.01. The number of fused-ring (bicyclic) bond motifs is 2. The Labute approximate surface area is 314 Å². The first kappa shape index (κ1) is 34.0. The van der Waals surface area contributed by atoms with E-state index in [1.54, 1.807) is 4.90 Å². The zero-order valence-electron chi connectivity index (χ0n) is 30.6. The molecule has 0 radical (unpaired) electrons. The van der Waals surface area contributed by atoms with Gasteiger partial charge in [-0.3, -0.25) is 24.8 Å². The molecule has 0 aliphatic carbocycles. The number of rotatable bonds is 8. The van der Waals surface area contributed by atoms with Crippen LogP contribution in [0.15, 0.2) is 73.1 Å². The number of hydrogen-bond acceptors (Lipinski definition) is 11. The first-order valence-corrected chi connectivity index (χ1v) is 18.8. The van der Waals surface area contributed by atoms with Crippen molar-refractivity contribution in [2.75, 3.05) is 79.4 Å². The average molecular weight is 725 g/mol. The number of nitrogens with zero attached hydrogens (tertiary/aromatic N) is 7. The predicted molar refractivity (Wildman–Crippen MR) is 211 cm³/mol. The third kappa shape index (κ3) is 6.76. The number of amides is 3. The highest BCUT2D eigenvalue weighted by molar-refractivity contribution is 6.06. The molecule has 6 heterocycles. The van der Waals surface area contributed by atoms with Crippen LogP contribution in [0.3, 0.4) is 0 Å². The number of urea groups is 1. The lowest BCUT2D eigenvalue weighted by Gasteiger charge is -2.49. The molecule has 276 valence electrons. The van der Waals surface area contributed by atoms with Gasteiger partial charge < -0.3 is 20.3 Å². The van der Waals surface area contributed by atoms with Gasteiger partial charge in [0.2, 0.25) is 17.7 Å². The number of hydrogen-bond donors (Lipinski definition) is 3. The van der Waals surface area contributed by atoms with Gasteiger partial charge in [-0.25, -0.2) is 19.7 Å². The van der Waals surface area contributed by atoms with Gasteiger partial charge >= 0.3 is 6.03 Å². The maximum atomic E-state index is 12.3. The maximum absolute atomic E-state index is 12.3. The highest BCUT2D eigenvalue weighted by Crippen LogP contribution is 2.36. The largest absolute Gasteiger partial charge is 0.474 e. The summed E-state index contributed by atoms with van der Waals surface area (Å²) < 4.78 is 5.71. The molecule has 3 aromatic carbocycles. The van der Waals surface area contributed by atoms with Crippen LogP contribution in [-0.4, -0.2) is 102 Å². The van der Waals surface area contributed by atoms with Crippen molar-refractivity contribution in [3.63, 3.8) is 0 Å². The van der Waals surface area contributed by atoms with E-state index in [4.69, 9.17) is 9.72 Å². The summed E-state index contributed by atoms with van der Waals surface area (Å²) in [6.07, 6.45) is 4.06. The van der Waals surface area contributed by atoms with E-state index in [0.717, 1.165) is 103 Å². The van der Waals surface area contributed by atoms with Crippen LogP contribution < -0.4 is 30.5 Å². The number of ether oxygens (including phenoxy) is 1. The van der Waals surface area contributed by atoms with E-state index in [1.807, 2.05) is 25.4 Å². The lowest BCUT2D eigenvalue weighted by Crippen LogP contribution is -2.63. The molecule has 3 N–H and O–H groups in total. The molecule has 0 saturated carbocycles. The minimum absolute atomic E-state index is 0.214. The molecule has 13 heteroatoms. The summed E-state index contributed by atoms with van der Waals surface area (Å²) in [4.78, 5) is 47.1. The zero-order valence-corrected chi connectivity index (χ0v) is 30.6. The first-order valence-electron chi connectivity index (χ1n) is 18.8. The Kier molecular flexibility index (Phi) is 8.95. The Morgan fingerprint density at radius 3 is 2.54 bits per heavy atom. The summed E-state index contributed by atoms with van der Waals surface area (Å²) in [6.45, 7) is 13.1. The molecule has 3 saturated heterocycles. The summed E-state index contributed by atoms with van der Waals surface area (Å²) >= 11 is 0. The molecule has 0 spiro atoms. The standard InChI is InChI=1S/C41H44N10O3/c1-26-19-32(9-10-36(26)51-13-11-37(52)47-41(51)53)50-24-33(25-50)49-16-14-48(15-17-49)23-28-3-7-31(8-4-28)45-40-44-21-30-6-5-29(20-35(30)46-40)34-22-43-39-38(27(34)2)42-12-18-54-39/h3-10,19-22,33,42H,11-18,23-25H2,1-2H3,(H,44,45,46)(H,47,52,53). The molecular weight excluding hydrogens is 681 g/mol. The highest BCUT2D eigenvalue weighted by atomic mass is 16.5. The van der Waals surface area contributed by atoms with Gasteiger partial charge in [-0.1, -0.05) is 24.3 Å². The number of imide groups is 1. The molecule has 0 atom stereocenters. The molecule has 54 heavy (non-hydrogen) atoms. The van der Waals surface area contributed by atoms with Crippen LogP contribution in [0.25, 0.3) is 22.0 Å². The van der Waals surface area contributed by atoms with Crippen molar-refractivity contribution in [3.8, 4) is 17.0 Å². The van der Waals surface area contributed by atoms with Crippen LogP contribution in [0.1, 0.15) is 23.1 Å². The summed E-state index contributed by atoms with van der Waals surface area (Å²) in [7, 11) is 0. The van der Waals surface area contributed by atoms with Crippen molar-refractivity contribution in [2.24, 2.45) is 0 Å². The van der Waals surface area contributed by atoms with Gasteiger partial charge in [-0.2, -0.15) is 0 Å². The van der Waals surface area contributed by atoms with Crippen LogP contribution in [0.5, 0.6) is 5.88 Å². The SMILES string of the molecule is Cc1cc(N2CC(N3CCN(Cc4ccc(Nc5ncc6ccc(-c7cnc8c(c7C)NCCO8)cc6n5)cc4)CC3)C2)ccc1N1CCC(=O)NC1=O. The third-order valence-corrected chi connectivity index (χ3v) is 11.1. The third-order valence-electron chi connectivity index (χ3n) is 11.1. The van der Waals surface area contributed by atoms with Crippen molar-refractivity contribution in [2.45, 2.75) is 32.9 Å². The number of aryl methyl sites for hydroxylation is 1. The molecule has 3 fully saturated rings. The van der Waals surface area contributed by atoms with Gasteiger partial charge in [-0.15, -0.1) is 0 Å². The minimum atomic E-state index is -0.342. The van der Waals surface area contributed by atoms with Gasteiger partial charge in [-0.05, 0) is 72.5 Å². The number of pyridine rings is 1. The topological polar surface area (TPSA) is 131 Å². The molecule has 0 bridgehead atoms. The zero-order chi connectivity index (χ0) is 36.8. The normalized spacial score (nSPS) is 18.1. The molecule has 13 nitrogen and oxygen atoms in total. The Morgan fingerprint density at radius 2 is 1.74 bits per heavy atom. The van der Waals surface area contributed by atoms with Gasteiger partial charge in [0.05, 0.1) is 5.52 Å². The van der Waals surface area contributed by atoms with Crippen LogP contribution in [0, 0.1) is 13.8 Å². The summed E-state index contributed by atoms with van der Waals surface area (Å²) in [5.41, 5.74) is 10.4. The van der Waals surface area contributed by atoms with Crippen LogP contribution >= 0.6 is 0 Å². The van der Waals surface area contributed by atoms with Crippen molar-refractivity contribution in [1.82, 2.24) is 30.1 Å². The number of anilines is 5. The fraction of sp³-hybridized carbons (Fsp3) is 0.341. The van der Waals surface area contributed by atoms with Crippen molar-refractivity contribution in [1.29, 1.82) is 0 Å². The number of nitrogens with one attached hydrogen (secondary N) is 3. The molecule has 5 aromatic rings. The number of carbonyl (C=O) groups is 2. The van der Waals surface area contributed by atoms with E-state index in [9.17, 15) is 9.59 Å². The monoisotopic (exact) mass is 724 g/mol. The smallest absolute Gasteiger partial charge is 0.328 e. The number of aromatic nitrogens is 3. The Balaban J connectivity index is 0.761.